The van der Waals surface area contributed by atoms with Gasteiger partial charge in [0.1, 0.15) is 5.82 Å². The van der Waals surface area contributed by atoms with Crippen LogP contribution in [0.5, 0.6) is 0 Å². The van der Waals surface area contributed by atoms with Crippen LogP contribution in [-0.2, 0) is 14.8 Å². The Balaban J connectivity index is 1.72. The van der Waals surface area contributed by atoms with Gasteiger partial charge in [-0.2, -0.15) is 4.31 Å². The van der Waals surface area contributed by atoms with Gasteiger partial charge in [-0.3, -0.25) is 4.79 Å². The van der Waals surface area contributed by atoms with Gasteiger partial charge in [-0.15, -0.1) is 0 Å². The molecule has 1 N–H and O–H groups in total. The van der Waals surface area contributed by atoms with Crippen molar-refractivity contribution in [3.8, 4) is 0 Å². The van der Waals surface area contributed by atoms with E-state index in [0.717, 1.165) is 29.7 Å². The first-order chi connectivity index (χ1) is 14.2. The van der Waals surface area contributed by atoms with Crippen molar-refractivity contribution in [2.45, 2.75) is 51.0 Å². The Hall–Kier alpha value is -2.25. The molecule has 3 rings (SSSR count). The maximum atomic E-state index is 13.2. The van der Waals surface area contributed by atoms with E-state index in [4.69, 9.17) is 0 Å². The van der Waals surface area contributed by atoms with Gasteiger partial charge in [0.25, 0.3) is 0 Å². The number of aryl methyl sites for hydroxylation is 2. The molecule has 0 saturated carbocycles. The summed E-state index contributed by atoms with van der Waals surface area (Å²) >= 11 is 0. The monoisotopic (exact) mass is 432 g/mol. The number of hydrogen-bond donors (Lipinski definition) is 1. The van der Waals surface area contributed by atoms with Gasteiger partial charge in [0, 0.05) is 13.1 Å². The molecule has 0 bridgehead atoms. The Morgan fingerprint density at radius 3 is 2.53 bits per heavy atom. The molecule has 1 aliphatic rings. The third-order valence-electron chi connectivity index (χ3n) is 5.73. The van der Waals surface area contributed by atoms with E-state index in [0.29, 0.717) is 19.4 Å². The Kier molecular flexibility index (Phi) is 6.93. The summed E-state index contributed by atoms with van der Waals surface area (Å²) in [5.41, 5.74) is 3.39. The summed E-state index contributed by atoms with van der Waals surface area (Å²) in [5.74, 6) is -1.02. The molecule has 2 aromatic carbocycles. The molecule has 0 aromatic heterocycles. The fraction of sp³-hybridized carbons (Fsp3) is 0.435. The molecule has 1 amide bonds. The van der Waals surface area contributed by atoms with Crippen LogP contribution < -0.4 is 5.32 Å². The number of piperidine rings is 1. The lowest BCUT2D eigenvalue weighted by Gasteiger charge is -2.32. The van der Waals surface area contributed by atoms with Crippen LogP contribution >= 0.6 is 0 Å². The van der Waals surface area contributed by atoms with Crippen molar-refractivity contribution in [1.82, 2.24) is 9.62 Å². The summed E-state index contributed by atoms with van der Waals surface area (Å²) in [6.45, 7) is 6.59. The van der Waals surface area contributed by atoms with Gasteiger partial charge < -0.3 is 5.32 Å². The predicted octanol–water partition coefficient (Wildman–Crippen LogP) is 4.11. The standard InChI is InChI=1S/C23H29FN2O3S/c1-4-22(21-12-7-16(2)14-17(21)3)25-23(27)18-6-5-13-26(15-18)30(28,29)20-10-8-19(24)9-11-20/h7-12,14,18,22H,4-6,13,15H2,1-3H3,(H,25,27)/t18-,22+/m1/s1. The van der Waals surface area contributed by atoms with E-state index in [1.165, 1.54) is 22.0 Å². The van der Waals surface area contributed by atoms with Gasteiger partial charge in [0.2, 0.25) is 15.9 Å². The topological polar surface area (TPSA) is 66.5 Å². The van der Waals surface area contributed by atoms with E-state index in [2.05, 4.69) is 11.4 Å². The molecule has 0 spiro atoms. The number of hydrogen-bond acceptors (Lipinski definition) is 3. The van der Waals surface area contributed by atoms with Crippen LogP contribution in [0.4, 0.5) is 4.39 Å². The summed E-state index contributed by atoms with van der Waals surface area (Å²) in [7, 11) is -3.76. The van der Waals surface area contributed by atoms with Crippen LogP contribution in [0.1, 0.15) is 48.9 Å². The van der Waals surface area contributed by atoms with Crippen LogP contribution in [0.15, 0.2) is 47.4 Å². The first-order valence-electron chi connectivity index (χ1n) is 10.4. The maximum absolute atomic E-state index is 13.2. The molecule has 1 heterocycles. The van der Waals surface area contributed by atoms with Crippen LogP contribution in [0.2, 0.25) is 0 Å². The van der Waals surface area contributed by atoms with Gasteiger partial charge in [0.05, 0.1) is 16.9 Å². The third-order valence-corrected chi connectivity index (χ3v) is 7.61. The largest absolute Gasteiger partial charge is 0.349 e. The average molecular weight is 433 g/mol. The summed E-state index contributed by atoms with van der Waals surface area (Å²) in [6.07, 6.45) is 2.00. The Morgan fingerprint density at radius 2 is 1.90 bits per heavy atom. The smallest absolute Gasteiger partial charge is 0.243 e. The SMILES string of the molecule is CC[C@H](NC(=O)[C@@H]1CCCN(S(=O)(=O)c2ccc(F)cc2)C1)c1ccc(C)cc1C. The molecule has 7 heteroatoms. The zero-order chi connectivity index (χ0) is 21.9. The second-order valence-corrected chi connectivity index (χ2v) is 9.92. The molecule has 0 aliphatic carbocycles. The molecule has 0 radical (unpaired) electrons. The van der Waals surface area contributed by atoms with Crippen LogP contribution in [0.3, 0.4) is 0 Å². The molecule has 2 aromatic rings. The van der Waals surface area contributed by atoms with Gasteiger partial charge in [-0.25, -0.2) is 12.8 Å². The van der Waals surface area contributed by atoms with Gasteiger partial charge in [-0.05, 0) is 68.5 Å². The Morgan fingerprint density at radius 1 is 1.20 bits per heavy atom. The number of amides is 1. The third kappa shape index (κ3) is 4.90. The number of carbonyl (C=O) groups is 1. The first-order valence-corrected chi connectivity index (χ1v) is 11.8. The number of rotatable bonds is 6. The number of carbonyl (C=O) groups excluding carboxylic acids is 1. The maximum Gasteiger partial charge on any atom is 0.243 e. The van der Waals surface area contributed by atoms with Crippen LogP contribution in [0.25, 0.3) is 0 Å². The lowest BCUT2D eigenvalue weighted by molar-refractivity contribution is -0.126. The molecule has 5 nitrogen and oxygen atoms in total. The van der Waals surface area contributed by atoms with E-state index >= 15 is 0 Å². The summed E-state index contributed by atoms with van der Waals surface area (Å²) in [6, 6.07) is 10.9. The molecule has 30 heavy (non-hydrogen) atoms. The van der Waals surface area contributed by atoms with Crippen molar-refractivity contribution < 1.29 is 17.6 Å². The highest BCUT2D eigenvalue weighted by Crippen LogP contribution is 2.26. The second-order valence-electron chi connectivity index (χ2n) is 7.99. The van der Waals surface area contributed by atoms with Crippen molar-refractivity contribution >= 4 is 15.9 Å². The fourth-order valence-electron chi connectivity index (χ4n) is 4.04. The van der Waals surface area contributed by atoms with Crippen LogP contribution in [0, 0.1) is 25.6 Å². The minimum atomic E-state index is -3.76. The van der Waals surface area contributed by atoms with E-state index in [9.17, 15) is 17.6 Å². The van der Waals surface area contributed by atoms with E-state index in [1.807, 2.05) is 32.9 Å². The van der Waals surface area contributed by atoms with Crippen molar-refractivity contribution in [2.75, 3.05) is 13.1 Å². The number of benzene rings is 2. The number of halogens is 1. The average Bonchev–Trinajstić information content (AvgIpc) is 2.72. The molecule has 162 valence electrons. The lowest BCUT2D eigenvalue weighted by atomic mass is 9.95. The fourth-order valence-corrected chi connectivity index (χ4v) is 5.56. The zero-order valence-electron chi connectivity index (χ0n) is 17.7. The molecule has 1 aliphatic heterocycles. The number of sulfonamides is 1. The molecular formula is C23H29FN2O3S. The first kappa shape index (κ1) is 22.4. The van der Waals surface area contributed by atoms with E-state index in [1.54, 1.807) is 0 Å². The predicted molar refractivity (Wildman–Crippen MR) is 115 cm³/mol. The molecular weight excluding hydrogens is 403 g/mol. The lowest BCUT2D eigenvalue weighted by Crippen LogP contribution is -2.46. The molecule has 0 unspecified atom stereocenters. The van der Waals surface area contributed by atoms with Gasteiger partial charge >= 0.3 is 0 Å². The highest BCUT2D eigenvalue weighted by molar-refractivity contribution is 7.89. The van der Waals surface area contributed by atoms with E-state index in [-0.39, 0.29) is 23.4 Å². The number of nitrogens with one attached hydrogen (secondary N) is 1. The highest BCUT2D eigenvalue weighted by atomic mass is 32.2. The normalized spacial score (nSPS) is 18.7. The second kappa shape index (κ2) is 9.27. The van der Waals surface area contributed by atoms with Crippen molar-refractivity contribution in [2.24, 2.45) is 5.92 Å². The van der Waals surface area contributed by atoms with Crippen molar-refractivity contribution in [3.63, 3.8) is 0 Å². The van der Waals surface area contributed by atoms with Gasteiger partial charge in [-0.1, -0.05) is 30.7 Å². The van der Waals surface area contributed by atoms with E-state index < -0.39 is 21.8 Å². The van der Waals surface area contributed by atoms with Crippen LogP contribution in [-0.4, -0.2) is 31.7 Å². The Labute approximate surface area is 178 Å². The summed E-state index contributed by atoms with van der Waals surface area (Å²) in [4.78, 5) is 13.0. The minimum Gasteiger partial charge on any atom is -0.349 e. The highest BCUT2D eigenvalue weighted by Gasteiger charge is 2.34. The van der Waals surface area contributed by atoms with Gasteiger partial charge in [0.15, 0.2) is 0 Å². The Bertz CT molecular complexity index is 1010. The summed E-state index contributed by atoms with van der Waals surface area (Å²) < 4.78 is 40.3. The molecule has 1 saturated heterocycles. The quantitative estimate of drug-likeness (QED) is 0.747. The van der Waals surface area contributed by atoms with Crippen molar-refractivity contribution in [1.29, 1.82) is 0 Å². The zero-order valence-corrected chi connectivity index (χ0v) is 18.5. The summed E-state index contributed by atoms with van der Waals surface area (Å²) in [5, 5.41) is 3.12. The minimum absolute atomic E-state index is 0.0478. The van der Waals surface area contributed by atoms with Crippen molar-refractivity contribution in [3.05, 3.63) is 65.0 Å². The molecule has 2 atom stereocenters. The molecule has 1 fully saturated rings. The number of nitrogens with zero attached hydrogens (tertiary/aromatic N) is 1.